The lowest BCUT2D eigenvalue weighted by Gasteiger charge is -2.12. The minimum atomic E-state index is -4.37. The number of alkyl halides is 3. The van der Waals surface area contributed by atoms with E-state index in [0.717, 1.165) is 12.5 Å². The van der Waals surface area contributed by atoms with Gasteiger partial charge in [-0.15, -0.1) is 0 Å². The molecule has 104 valence electrons. The van der Waals surface area contributed by atoms with Crippen molar-refractivity contribution in [1.82, 2.24) is 0 Å². The van der Waals surface area contributed by atoms with Crippen molar-refractivity contribution in [3.8, 4) is 0 Å². The number of anilines is 1. The van der Waals surface area contributed by atoms with Crippen molar-refractivity contribution in [3.63, 3.8) is 0 Å². The summed E-state index contributed by atoms with van der Waals surface area (Å²) in [5.41, 5.74) is -0.285. The second-order valence-electron chi connectivity index (χ2n) is 4.11. The van der Waals surface area contributed by atoms with Crippen LogP contribution in [-0.4, -0.2) is 17.0 Å². The van der Waals surface area contributed by atoms with Crippen molar-refractivity contribution in [2.45, 2.75) is 24.8 Å². The average molecular weight is 353 g/mol. The molecular weight excluding hydrogens is 341 g/mol. The first-order valence-electron chi connectivity index (χ1n) is 5.75. The second-order valence-corrected chi connectivity index (χ2v) is 6.25. The van der Waals surface area contributed by atoms with Crippen molar-refractivity contribution in [1.29, 1.82) is 0 Å². The van der Waals surface area contributed by atoms with Crippen LogP contribution in [0.25, 0.3) is 0 Å². The third-order valence-corrected chi connectivity index (χ3v) is 4.66. The van der Waals surface area contributed by atoms with Crippen molar-refractivity contribution in [3.05, 3.63) is 28.2 Å². The quantitative estimate of drug-likeness (QED) is 0.829. The topological polar surface area (TPSA) is 24.4 Å². The molecule has 2 nitrogen and oxygen atoms in total. The summed E-state index contributed by atoms with van der Waals surface area (Å²) in [5.74, 6) is 0. The highest BCUT2D eigenvalue weighted by Crippen LogP contribution is 2.36. The van der Waals surface area contributed by atoms with E-state index in [9.17, 15) is 13.2 Å². The first kappa shape index (κ1) is 14.7. The molecule has 0 radical (unpaired) electrons. The van der Waals surface area contributed by atoms with Crippen LogP contribution >= 0.6 is 27.7 Å². The van der Waals surface area contributed by atoms with Gasteiger partial charge in [0.25, 0.3) is 0 Å². The molecule has 1 aliphatic rings. The predicted octanol–water partition coefficient (Wildman–Crippen LogP) is 4.76. The largest absolute Gasteiger partial charge is 0.417 e. The van der Waals surface area contributed by atoms with Gasteiger partial charge >= 0.3 is 6.18 Å². The minimum absolute atomic E-state index is 0.0398. The predicted molar refractivity (Wildman–Crippen MR) is 76.7 cm³/mol. The molecule has 7 heteroatoms. The number of thioether (sulfide) groups is 1. The van der Waals surface area contributed by atoms with E-state index in [0.29, 0.717) is 22.6 Å². The molecule has 0 aromatic heterocycles. The summed E-state index contributed by atoms with van der Waals surface area (Å²) >= 11 is 4.49. The van der Waals surface area contributed by atoms with Gasteiger partial charge < -0.3 is 5.32 Å². The zero-order chi connectivity index (χ0) is 14.0. The Balaban J connectivity index is 2.14. The van der Waals surface area contributed by atoms with Gasteiger partial charge in [0, 0.05) is 15.4 Å². The molecule has 0 saturated heterocycles. The number of aliphatic imine (C=N–C) groups is 1. The summed E-state index contributed by atoms with van der Waals surface area (Å²) in [6.45, 7) is 2.78. The zero-order valence-corrected chi connectivity index (χ0v) is 12.5. The van der Waals surface area contributed by atoms with Gasteiger partial charge in [-0.2, -0.15) is 13.2 Å². The Bertz CT molecular complexity index is 502. The summed E-state index contributed by atoms with van der Waals surface area (Å²) in [5, 5.41) is 4.04. The summed E-state index contributed by atoms with van der Waals surface area (Å²) in [7, 11) is 0. The molecule has 1 atom stereocenters. The molecule has 0 amide bonds. The molecule has 1 aliphatic heterocycles. The first-order valence-corrected chi connectivity index (χ1v) is 7.42. The molecule has 1 aromatic carbocycles. The Morgan fingerprint density at radius 2 is 2.21 bits per heavy atom. The molecule has 1 heterocycles. The third kappa shape index (κ3) is 3.66. The fourth-order valence-corrected chi connectivity index (χ4v) is 3.07. The van der Waals surface area contributed by atoms with E-state index in [-0.39, 0.29) is 4.47 Å². The molecule has 0 saturated carbocycles. The van der Waals surface area contributed by atoms with Crippen LogP contribution in [-0.2, 0) is 6.18 Å². The van der Waals surface area contributed by atoms with Crippen molar-refractivity contribution in [2.75, 3.05) is 11.9 Å². The van der Waals surface area contributed by atoms with Crippen LogP contribution in [0.2, 0.25) is 0 Å². The maximum Gasteiger partial charge on any atom is 0.417 e. The van der Waals surface area contributed by atoms with Crippen LogP contribution in [0.1, 0.15) is 18.9 Å². The molecule has 0 spiro atoms. The van der Waals surface area contributed by atoms with Gasteiger partial charge in [0.05, 0.1) is 12.1 Å². The van der Waals surface area contributed by atoms with Gasteiger partial charge in [-0.1, -0.05) is 34.6 Å². The van der Waals surface area contributed by atoms with Crippen LogP contribution in [0.15, 0.2) is 27.7 Å². The molecule has 2 rings (SSSR count). The highest BCUT2D eigenvalue weighted by atomic mass is 79.9. The van der Waals surface area contributed by atoms with Crippen molar-refractivity contribution >= 4 is 38.5 Å². The number of hydrogen-bond acceptors (Lipinski definition) is 3. The molecule has 19 heavy (non-hydrogen) atoms. The standard InChI is InChI=1S/C12H12BrF3N2S/c1-2-8-6-17-11(19-8)18-7-3-4-10(13)9(5-7)12(14,15)16/h3-5,8H,2,6H2,1H3,(H,17,18). The zero-order valence-electron chi connectivity index (χ0n) is 10.1. The van der Waals surface area contributed by atoms with E-state index in [1.165, 1.54) is 6.07 Å². The summed E-state index contributed by atoms with van der Waals surface area (Å²) in [4.78, 5) is 4.27. The SMILES string of the molecule is CCC1CN=C(Nc2ccc(Br)c(C(F)(F)F)c2)S1. The van der Waals surface area contributed by atoms with E-state index in [1.54, 1.807) is 17.8 Å². The smallest absolute Gasteiger partial charge is 0.335 e. The van der Waals surface area contributed by atoms with Crippen molar-refractivity contribution < 1.29 is 13.2 Å². The molecular formula is C12H12BrF3N2S. The number of nitrogens with one attached hydrogen (secondary N) is 1. The number of hydrogen-bond donors (Lipinski definition) is 1. The normalized spacial score (nSPS) is 19.4. The second kappa shape index (κ2) is 5.75. The van der Waals surface area contributed by atoms with Crippen LogP contribution in [0.3, 0.4) is 0 Å². The van der Waals surface area contributed by atoms with E-state index >= 15 is 0 Å². The van der Waals surface area contributed by atoms with Gasteiger partial charge in [-0.25, -0.2) is 0 Å². The third-order valence-electron chi connectivity index (χ3n) is 2.70. The number of benzene rings is 1. The van der Waals surface area contributed by atoms with Gasteiger partial charge in [-0.05, 0) is 24.6 Å². The van der Waals surface area contributed by atoms with E-state index in [4.69, 9.17) is 0 Å². The van der Waals surface area contributed by atoms with Gasteiger partial charge in [0.1, 0.15) is 0 Å². The highest BCUT2D eigenvalue weighted by molar-refractivity contribution is 9.10. The minimum Gasteiger partial charge on any atom is -0.335 e. The lowest BCUT2D eigenvalue weighted by atomic mass is 10.2. The maximum absolute atomic E-state index is 12.8. The Morgan fingerprint density at radius 3 is 2.79 bits per heavy atom. The summed E-state index contributed by atoms with van der Waals surface area (Å²) in [6, 6.07) is 4.08. The fourth-order valence-electron chi connectivity index (χ4n) is 1.64. The Labute approximate surface area is 122 Å². The lowest BCUT2D eigenvalue weighted by molar-refractivity contribution is -0.138. The summed E-state index contributed by atoms with van der Waals surface area (Å²) < 4.78 is 38.3. The number of nitrogens with zero attached hydrogens (tertiary/aromatic N) is 1. The van der Waals surface area contributed by atoms with Crippen LogP contribution in [0.5, 0.6) is 0 Å². The summed E-state index contributed by atoms with van der Waals surface area (Å²) in [6.07, 6.45) is -3.37. The fraction of sp³-hybridized carbons (Fsp3) is 0.417. The first-order chi connectivity index (χ1) is 8.90. The molecule has 0 aliphatic carbocycles. The Kier molecular flexibility index (Phi) is 4.45. The van der Waals surface area contributed by atoms with Gasteiger partial charge in [0.15, 0.2) is 5.17 Å². The number of rotatable bonds is 2. The van der Waals surface area contributed by atoms with Crippen LogP contribution in [0.4, 0.5) is 18.9 Å². The highest BCUT2D eigenvalue weighted by Gasteiger charge is 2.33. The van der Waals surface area contributed by atoms with E-state index < -0.39 is 11.7 Å². The monoisotopic (exact) mass is 352 g/mol. The number of halogens is 4. The Morgan fingerprint density at radius 1 is 1.47 bits per heavy atom. The Hall–Kier alpha value is -0.690. The van der Waals surface area contributed by atoms with Gasteiger partial charge in [0.2, 0.25) is 0 Å². The van der Waals surface area contributed by atoms with E-state index in [1.807, 2.05) is 0 Å². The molecule has 0 bridgehead atoms. The van der Waals surface area contributed by atoms with Crippen molar-refractivity contribution in [2.24, 2.45) is 4.99 Å². The van der Waals surface area contributed by atoms with Gasteiger partial charge in [-0.3, -0.25) is 4.99 Å². The van der Waals surface area contributed by atoms with E-state index in [2.05, 4.69) is 33.2 Å². The number of amidine groups is 1. The maximum atomic E-state index is 12.8. The molecule has 1 aromatic rings. The van der Waals surface area contributed by atoms with Crippen LogP contribution in [0, 0.1) is 0 Å². The lowest BCUT2D eigenvalue weighted by Crippen LogP contribution is -2.10. The average Bonchev–Trinajstić information content (AvgIpc) is 2.78. The molecule has 1 N–H and O–H groups in total. The van der Waals surface area contributed by atoms with Crippen LogP contribution < -0.4 is 5.32 Å². The molecule has 1 unspecified atom stereocenters. The molecule has 0 fully saturated rings.